The molecule has 0 aliphatic rings. The summed E-state index contributed by atoms with van der Waals surface area (Å²) in [5, 5.41) is 21.4. The van der Waals surface area contributed by atoms with E-state index < -0.39 is 20.2 Å². The summed E-state index contributed by atoms with van der Waals surface area (Å²) in [4.78, 5) is 11.9. The Balaban J connectivity index is 2.38. The van der Waals surface area contributed by atoms with Gasteiger partial charge in [-0.1, -0.05) is 89.7 Å². The van der Waals surface area contributed by atoms with Crippen molar-refractivity contribution in [2.45, 2.75) is 122 Å². The number of carbonyl (C=O) groups is 1. The maximum absolute atomic E-state index is 11.9. The van der Waals surface area contributed by atoms with E-state index >= 15 is 0 Å². The van der Waals surface area contributed by atoms with Gasteiger partial charge in [-0.2, -0.15) is 0 Å². The first-order valence-electron chi connectivity index (χ1n) is 15.5. The number of hydrogen-bond acceptors (Lipinski definition) is 6. The average Bonchev–Trinajstić information content (AvgIpc) is 2.94. The SMILES string of the molecule is CCCCCCCCCCCCCCOc1ccc(CC(COC(O)C(O)(P=O)[N+](C)(C)CC)CC(C)=O)cc1. The minimum atomic E-state index is -2.00. The quantitative estimate of drug-likeness (QED) is 0.0545. The zero-order valence-electron chi connectivity index (χ0n) is 25.9. The second kappa shape index (κ2) is 20.5. The highest BCUT2D eigenvalue weighted by atomic mass is 31.1. The largest absolute Gasteiger partial charge is 0.494 e. The summed E-state index contributed by atoms with van der Waals surface area (Å²) in [6.07, 6.45) is 15.0. The van der Waals surface area contributed by atoms with Crippen LogP contribution in [0.15, 0.2) is 24.3 Å². The highest BCUT2D eigenvalue weighted by molar-refractivity contribution is 7.25. The Bertz CT molecular complexity index is 818. The van der Waals surface area contributed by atoms with Crippen molar-refractivity contribution in [1.29, 1.82) is 0 Å². The molecule has 0 fully saturated rings. The van der Waals surface area contributed by atoms with Crippen LogP contribution in [0.5, 0.6) is 5.75 Å². The normalized spacial score (nSPS) is 15.1. The molecule has 0 saturated heterocycles. The molecule has 0 saturated carbocycles. The van der Waals surface area contributed by atoms with Gasteiger partial charge in [-0.15, -0.1) is 0 Å². The lowest BCUT2D eigenvalue weighted by Crippen LogP contribution is -2.63. The molecule has 3 unspecified atom stereocenters. The van der Waals surface area contributed by atoms with Crippen molar-refractivity contribution in [3.05, 3.63) is 29.8 Å². The second-order valence-electron chi connectivity index (χ2n) is 11.8. The van der Waals surface area contributed by atoms with Crippen LogP contribution >= 0.6 is 8.46 Å². The summed E-state index contributed by atoms with van der Waals surface area (Å²) < 4.78 is 23.2. The number of ether oxygens (including phenoxy) is 2. The van der Waals surface area contributed by atoms with Crippen LogP contribution in [0.4, 0.5) is 0 Å². The lowest BCUT2D eigenvalue weighted by atomic mass is 9.95. The zero-order valence-corrected chi connectivity index (χ0v) is 26.8. The van der Waals surface area contributed by atoms with E-state index in [-0.39, 0.29) is 29.2 Å². The maximum atomic E-state index is 11.9. The van der Waals surface area contributed by atoms with Crippen LogP contribution in [0.25, 0.3) is 0 Å². The van der Waals surface area contributed by atoms with Gasteiger partial charge in [0.2, 0.25) is 0 Å². The molecule has 2 N–H and O–H groups in total. The van der Waals surface area contributed by atoms with Gasteiger partial charge >= 0.3 is 5.47 Å². The molecule has 0 bridgehead atoms. The van der Waals surface area contributed by atoms with Gasteiger partial charge in [-0.05, 0) is 50.3 Å². The van der Waals surface area contributed by atoms with Gasteiger partial charge in [0.25, 0.3) is 14.8 Å². The molecule has 3 atom stereocenters. The molecule has 0 aromatic heterocycles. The van der Waals surface area contributed by atoms with Crippen molar-refractivity contribution in [3.8, 4) is 5.75 Å². The van der Waals surface area contributed by atoms with Crippen molar-refractivity contribution >= 4 is 14.2 Å². The fraction of sp³-hybridized carbons (Fsp3) is 0.781. The fourth-order valence-corrected chi connectivity index (χ4v) is 5.34. The average molecular weight is 583 g/mol. The van der Waals surface area contributed by atoms with E-state index in [1.807, 2.05) is 31.2 Å². The highest BCUT2D eigenvalue weighted by Gasteiger charge is 2.52. The molecule has 0 spiro atoms. The highest BCUT2D eigenvalue weighted by Crippen LogP contribution is 2.33. The smallest absolute Gasteiger partial charge is 0.333 e. The van der Waals surface area contributed by atoms with Crippen LogP contribution in [0.2, 0.25) is 0 Å². The summed E-state index contributed by atoms with van der Waals surface area (Å²) in [7, 11) is 2.72. The Morgan fingerprint density at radius 1 is 0.925 bits per heavy atom. The second-order valence-corrected chi connectivity index (χ2v) is 12.7. The number of aliphatic hydroxyl groups is 2. The number of aliphatic hydroxyl groups excluding tert-OH is 1. The summed E-state index contributed by atoms with van der Waals surface area (Å²) in [6.45, 7) is 6.83. The lowest BCUT2D eigenvalue weighted by Gasteiger charge is -2.41. The van der Waals surface area contributed by atoms with Gasteiger partial charge in [0.1, 0.15) is 11.5 Å². The van der Waals surface area contributed by atoms with E-state index in [4.69, 9.17) is 9.47 Å². The molecule has 0 amide bonds. The van der Waals surface area contributed by atoms with E-state index in [0.717, 1.165) is 17.7 Å². The molecule has 230 valence electrons. The first-order valence-corrected chi connectivity index (χ1v) is 16.3. The molecule has 0 aliphatic heterocycles. The molecule has 0 heterocycles. The predicted octanol–water partition coefficient (Wildman–Crippen LogP) is 7.27. The minimum Gasteiger partial charge on any atom is -0.494 e. The van der Waals surface area contributed by atoms with Crippen LogP contribution in [0, 0.1) is 5.92 Å². The van der Waals surface area contributed by atoms with Crippen LogP contribution in [-0.4, -0.2) is 66.1 Å². The number of hydrogen-bond donors (Lipinski definition) is 2. The Hall–Kier alpha value is -1.37. The number of unbranched alkanes of at least 4 members (excludes halogenated alkanes) is 11. The first kappa shape index (κ1) is 36.7. The van der Waals surface area contributed by atoms with E-state index in [1.165, 1.54) is 77.6 Å². The molecular formula is C32H57NO6P+. The van der Waals surface area contributed by atoms with Crippen LogP contribution in [0.3, 0.4) is 0 Å². The van der Waals surface area contributed by atoms with Gasteiger partial charge in [0, 0.05) is 6.42 Å². The molecular weight excluding hydrogens is 525 g/mol. The standard InChI is InChI=1S/C32H57NO6P/c1-6-8-9-10-11-12-13-14-15-16-17-18-23-38-30-21-19-28(20-22-30)25-29(24-27(3)34)26-39-31(35)32(36,40-37)33(4,5)7-2/h19-22,29,31,35-36H,6-18,23-26H2,1-5H3/q+1. The van der Waals surface area contributed by atoms with E-state index in [0.29, 0.717) is 19.6 Å². The van der Waals surface area contributed by atoms with Crippen molar-refractivity contribution in [2.75, 3.05) is 33.9 Å². The van der Waals surface area contributed by atoms with Crippen LogP contribution < -0.4 is 4.74 Å². The monoisotopic (exact) mass is 582 g/mol. The number of rotatable bonds is 25. The fourth-order valence-electron chi connectivity index (χ4n) is 4.81. The maximum Gasteiger partial charge on any atom is 0.333 e. The zero-order chi connectivity index (χ0) is 29.9. The third-order valence-electron chi connectivity index (χ3n) is 7.93. The summed E-state index contributed by atoms with van der Waals surface area (Å²) in [5.41, 5.74) is -0.967. The topological polar surface area (TPSA) is 93.1 Å². The van der Waals surface area contributed by atoms with Gasteiger partial charge in [0.05, 0.1) is 33.9 Å². The van der Waals surface area contributed by atoms with Crippen LogP contribution in [0.1, 0.15) is 110 Å². The summed E-state index contributed by atoms with van der Waals surface area (Å²) >= 11 is 0. The number of likely N-dealkylation sites (N-methyl/N-ethyl adjacent to an activating group) is 1. The Labute approximate surface area is 245 Å². The van der Waals surface area contributed by atoms with Gasteiger partial charge in [0.15, 0.2) is 0 Å². The number of quaternary nitrogens is 1. The lowest BCUT2D eigenvalue weighted by molar-refractivity contribution is -0.955. The molecule has 1 aromatic carbocycles. The molecule has 8 heteroatoms. The van der Waals surface area contributed by atoms with Crippen molar-refractivity contribution in [1.82, 2.24) is 0 Å². The van der Waals surface area contributed by atoms with Crippen molar-refractivity contribution in [3.63, 3.8) is 0 Å². The van der Waals surface area contributed by atoms with Gasteiger partial charge in [-0.3, -0.25) is 9.05 Å². The number of benzene rings is 1. The van der Waals surface area contributed by atoms with Gasteiger partial charge < -0.3 is 24.5 Å². The number of ketones is 1. The van der Waals surface area contributed by atoms with Crippen LogP contribution in [-0.2, 0) is 20.5 Å². The molecule has 1 rings (SSSR count). The Morgan fingerprint density at radius 3 is 1.93 bits per heavy atom. The predicted molar refractivity (Wildman–Crippen MR) is 163 cm³/mol. The third kappa shape index (κ3) is 14.0. The number of carbonyl (C=O) groups excluding carboxylic acids is 1. The van der Waals surface area contributed by atoms with Crippen molar-refractivity contribution in [2.24, 2.45) is 5.92 Å². The van der Waals surface area contributed by atoms with Gasteiger partial charge in [-0.25, -0.2) is 0 Å². The number of Topliss-reactive ketones (excluding diaryl/α,β-unsaturated/α-hetero) is 1. The van der Waals surface area contributed by atoms with E-state index in [9.17, 15) is 19.6 Å². The Kier molecular flexibility index (Phi) is 18.8. The minimum absolute atomic E-state index is 0.0207. The van der Waals surface area contributed by atoms with E-state index in [1.54, 1.807) is 14.1 Å². The summed E-state index contributed by atoms with van der Waals surface area (Å²) in [6, 6.07) is 7.88. The molecule has 7 nitrogen and oxygen atoms in total. The molecule has 1 aromatic rings. The number of nitrogens with zero attached hydrogens (tertiary/aromatic N) is 1. The summed E-state index contributed by atoms with van der Waals surface area (Å²) in [5.74, 6) is 0.665. The third-order valence-corrected chi connectivity index (χ3v) is 8.96. The first-order chi connectivity index (χ1) is 19.1. The van der Waals surface area contributed by atoms with Crippen molar-refractivity contribution < 1.29 is 33.5 Å². The molecule has 0 radical (unpaired) electrons. The molecule has 0 aliphatic carbocycles. The Morgan fingerprint density at radius 2 is 1.45 bits per heavy atom. The molecule has 40 heavy (non-hydrogen) atoms. The van der Waals surface area contributed by atoms with E-state index in [2.05, 4.69) is 6.92 Å².